The maximum absolute atomic E-state index is 6.23. The largest absolute Gasteiger partial charge is 0.352 e. The molecule has 0 aliphatic carbocycles. The first-order valence-electron chi connectivity index (χ1n) is 6.11. The zero-order valence-corrected chi connectivity index (χ0v) is 11.8. The van der Waals surface area contributed by atoms with Crippen LogP contribution < -0.4 is 10.6 Å². The molecule has 2 rings (SSSR count). The molecule has 0 fully saturated rings. The number of anilines is 1. The van der Waals surface area contributed by atoms with E-state index in [1.54, 1.807) is 12.4 Å². The molecule has 1 unspecified atom stereocenters. The van der Waals surface area contributed by atoms with Gasteiger partial charge in [-0.05, 0) is 18.6 Å². The average Bonchev–Trinajstić information content (AvgIpc) is 2.46. The van der Waals surface area contributed by atoms with Crippen LogP contribution in [0.25, 0.3) is 0 Å². The number of nitrogens with two attached hydrogens (primary N) is 1. The molecule has 4 nitrogen and oxygen atoms in total. The van der Waals surface area contributed by atoms with Gasteiger partial charge in [0.15, 0.2) is 0 Å². The van der Waals surface area contributed by atoms with E-state index in [9.17, 15) is 0 Å². The standard InChI is InChI=1S/C14H17ClN4/c1-10(12-5-3-4-6-13(12)15)19(2)14-9-17-8-11(7-16)18-14/h3-6,8-10H,7,16H2,1-2H3. The van der Waals surface area contributed by atoms with Crippen molar-refractivity contribution in [1.29, 1.82) is 0 Å². The summed E-state index contributed by atoms with van der Waals surface area (Å²) in [5.74, 6) is 0.787. The van der Waals surface area contributed by atoms with Crippen LogP contribution in [-0.2, 0) is 6.54 Å². The third kappa shape index (κ3) is 3.03. The molecule has 1 atom stereocenters. The summed E-state index contributed by atoms with van der Waals surface area (Å²) >= 11 is 6.23. The molecule has 0 spiro atoms. The van der Waals surface area contributed by atoms with Crippen LogP contribution in [-0.4, -0.2) is 17.0 Å². The fraction of sp³-hybridized carbons (Fsp3) is 0.286. The van der Waals surface area contributed by atoms with Crippen molar-refractivity contribution in [3.05, 3.63) is 52.9 Å². The van der Waals surface area contributed by atoms with Gasteiger partial charge >= 0.3 is 0 Å². The SMILES string of the molecule is CC(c1ccccc1Cl)N(C)c1cncc(CN)n1. The first-order chi connectivity index (χ1) is 9.13. The third-order valence-electron chi connectivity index (χ3n) is 3.18. The van der Waals surface area contributed by atoms with Gasteiger partial charge in [0.25, 0.3) is 0 Å². The lowest BCUT2D eigenvalue weighted by Gasteiger charge is -2.27. The monoisotopic (exact) mass is 276 g/mol. The van der Waals surface area contributed by atoms with Crippen LogP contribution in [0.15, 0.2) is 36.7 Å². The minimum absolute atomic E-state index is 0.107. The molecule has 1 aromatic carbocycles. The van der Waals surface area contributed by atoms with E-state index < -0.39 is 0 Å². The van der Waals surface area contributed by atoms with Crippen molar-refractivity contribution >= 4 is 17.4 Å². The van der Waals surface area contributed by atoms with Gasteiger partial charge in [-0.1, -0.05) is 29.8 Å². The van der Waals surface area contributed by atoms with Gasteiger partial charge in [-0.2, -0.15) is 0 Å². The molecule has 1 aromatic heterocycles. The zero-order chi connectivity index (χ0) is 13.8. The number of hydrogen-bond donors (Lipinski definition) is 1. The van der Waals surface area contributed by atoms with E-state index in [0.717, 1.165) is 22.1 Å². The molecular formula is C14H17ClN4. The molecule has 0 saturated carbocycles. The van der Waals surface area contributed by atoms with E-state index in [1.165, 1.54) is 0 Å². The molecule has 19 heavy (non-hydrogen) atoms. The lowest BCUT2D eigenvalue weighted by molar-refractivity contribution is 0.722. The van der Waals surface area contributed by atoms with Crippen LogP contribution in [0.2, 0.25) is 5.02 Å². The fourth-order valence-electron chi connectivity index (χ4n) is 1.88. The van der Waals surface area contributed by atoms with E-state index in [-0.39, 0.29) is 6.04 Å². The maximum atomic E-state index is 6.23. The predicted octanol–water partition coefficient (Wildman–Crippen LogP) is 2.79. The molecular weight excluding hydrogens is 260 g/mol. The van der Waals surface area contributed by atoms with E-state index in [1.807, 2.05) is 36.2 Å². The highest BCUT2D eigenvalue weighted by molar-refractivity contribution is 6.31. The van der Waals surface area contributed by atoms with Crippen molar-refractivity contribution in [3.63, 3.8) is 0 Å². The Kier molecular flexibility index (Phi) is 4.35. The summed E-state index contributed by atoms with van der Waals surface area (Å²) in [6.45, 7) is 2.47. The van der Waals surface area contributed by atoms with Crippen molar-refractivity contribution in [2.45, 2.75) is 19.5 Å². The van der Waals surface area contributed by atoms with Gasteiger partial charge < -0.3 is 10.6 Å². The quantitative estimate of drug-likeness (QED) is 0.933. The first-order valence-corrected chi connectivity index (χ1v) is 6.49. The summed E-state index contributed by atoms with van der Waals surface area (Å²) < 4.78 is 0. The third-order valence-corrected chi connectivity index (χ3v) is 3.52. The van der Waals surface area contributed by atoms with Gasteiger partial charge in [-0.25, -0.2) is 4.98 Å². The molecule has 100 valence electrons. The molecule has 5 heteroatoms. The molecule has 2 N–H and O–H groups in total. The topological polar surface area (TPSA) is 55.0 Å². The lowest BCUT2D eigenvalue weighted by Crippen LogP contribution is -2.23. The van der Waals surface area contributed by atoms with Crippen LogP contribution in [0.4, 0.5) is 5.82 Å². The molecule has 0 amide bonds. The Morgan fingerprint density at radius 3 is 2.74 bits per heavy atom. The molecule has 0 bridgehead atoms. The van der Waals surface area contributed by atoms with Crippen LogP contribution in [0, 0.1) is 0 Å². The van der Waals surface area contributed by atoms with Crippen molar-refractivity contribution in [2.24, 2.45) is 5.73 Å². The minimum Gasteiger partial charge on any atom is -0.352 e. The highest BCUT2D eigenvalue weighted by Crippen LogP contribution is 2.28. The number of nitrogens with zero attached hydrogens (tertiary/aromatic N) is 3. The first kappa shape index (κ1) is 13.8. The smallest absolute Gasteiger partial charge is 0.147 e. The fourth-order valence-corrected chi connectivity index (χ4v) is 2.18. The van der Waals surface area contributed by atoms with Crippen molar-refractivity contribution in [1.82, 2.24) is 9.97 Å². The zero-order valence-electron chi connectivity index (χ0n) is 11.0. The molecule has 1 heterocycles. The summed E-state index contributed by atoms with van der Waals surface area (Å²) in [6, 6.07) is 7.92. The van der Waals surface area contributed by atoms with Gasteiger partial charge in [-0.15, -0.1) is 0 Å². The van der Waals surface area contributed by atoms with Crippen molar-refractivity contribution in [2.75, 3.05) is 11.9 Å². The Morgan fingerprint density at radius 2 is 2.05 bits per heavy atom. The van der Waals surface area contributed by atoms with Crippen LogP contribution >= 0.6 is 11.6 Å². The second-order valence-corrected chi connectivity index (χ2v) is 4.79. The molecule has 0 saturated heterocycles. The van der Waals surface area contributed by atoms with Crippen LogP contribution in [0.5, 0.6) is 0 Å². The molecule has 0 radical (unpaired) electrons. The van der Waals surface area contributed by atoms with E-state index in [4.69, 9.17) is 17.3 Å². The van der Waals surface area contributed by atoms with E-state index in [0.29, 0.717) is 6.54 Å². The van der Waals surface area contributed by atoms with E-state index >= 15 is 0 Å². The van der Waals surface area contributed by atoms with Gasteiger partial charge in [0, 0.05) is 24.8 Å². The number of benzene rings is 1. The second kappa shape index (κ2) is 5.99. The Morgan fingerprint density at radius 1 is 1.32 bits per heavy atom. The highest BCUT2D eigenvalue weighted by atomic mass is 35.5. The number of halogens is 1. The highest BCUT2D eigenvalue weighted by Gasteiger charge is 2.16. The Bertz CT molecular complexity index is 559. The average molecular weight is 277 g/mol. The summed E-state index contributed by atoms with van der Waals surface area (Å²) in [7, 11) is 1.97. The number of rotatable bonds is 4. The van der Waals surface area contributed by atoms with Gasteiger partial charge in [0.2, 0.25) is 0 Å². The van der Waals surface area contributed by atoms with Crippen molar-refractivity contribution < 1.29 is 0 Å². The summed E-state index contributed by atoms with van der Waals surface area (Å²) in [5, 5.41) is 0.754. The Balaban J connectivity index is 2.28. The maximum Gasteiger partial charge on any atom is 0.147 e. The Hall–Kier alpha value is -1.65. The minimum atomic E-state index is 0.107. The van der Waals surface area contributed by atoms with Gasteiger partial charge in [0.05, 0.1) is 17.9 Å². The van der Waals surface area contributed by atoms with Crippen LogP contribution in [0.3, 0.4) is 0 Å². The predicted molar refractivity (Wildman–Crippen MR) is 78.2 cm³/mol. The van der Waals surface area contributed by atoms with E-state index in [2.05, 4.69) is 16.9 Å². The second-order valence-electron chi connectivity index (χ2n) is 4.38. The number of hydrogen-bond acceptors (Lipinski definition) is 4. The lowest BCUT2D eigenvalue weighted by atomic mass is 10.1. The van der Waals surface area contributed by atoms with Crippen LogP contribution in [0.1, 0.15) is 24.2 Å². The molecule has 0 aliphatic rings. The summed E-state index contributed by atoms with van der Waals surface area (Å²) in [6.07, 6.45) is 3.41. The summed E-state index contributed by atoms with van der Waals surface area (Å²) in [4.78, 5) is 10.7. The number of aromatic nitrogens is 2. The summed E-state index contributed by atoms with van der Waals surface area (Å²) in [5.41, 5.74) is 7.42. The van der Waals surface area contributed by atoms with Gasteiger partial charge in [0.1, 0.15) is 5.82 Å². The molecule has 2 aromatic rings. The van der Waals surface area contributed by atoms with Gasteiger partial charge in [-0.3, -0.25) is 4.98 Å². The molecule has 0 aliphatic heterocycles. The van der Waals surface area contributed by atoms with Crippen molar-refractivity contribution in [3.8, 4) is 0 Å². The normalized spacial score (nSPS) is 12.2. The Labute approximate surface area is 118 Å².